The Morgan fingerprint density at radius 1 is 1.31 bits per heavy atom. The highest BCUT2D eigenvalue weighted by Gasteiger charge is 2.22. The summed E-state index contributed by atoms with van der Waals surface area (Å²) in [6.45, 7) is 10.6. The fraction of sp³-hybridized carbons (Fsp3) is 0.600. The van der Waals surface area contributed by atoms with E-state index >= 15 is 0 Å². The first kappa shape index (κ1) is 11.9. The van der Waals surface area contributed by atoms with Gasteiger partial charge in [0.15, 0.2) is 5.78 Å². The topological polar surface area (TPSA) is 46.2 Å². The normalized spacial score (nSPS) is 10.8. The Kier molecular flexibility index (Phi) is 3.85. The van der Waals surface area contributed by atoms with Gasteiger partial charge >= 0.3 is 0 Å². The Balaban J connectivity index is 4.24. The highest BCUT2D eigenvalue weighted by atomic mass is 16.2. The molecule has 0 aliphatic heterocycles. The predicted octanol–water partition coefficient (Wildman–Crippen LogP) is 1.64. The molecule has 0 saturated heterocycles. The number of carbonyl (C=O) groups is 2. The van der Waals surface area contributed by atoms with Crippen LogP contribution in [0.2, 0.25) is 0 Å². The number of allylic oxidation sites excluding steroid dienone is 1. The zero-order valence-electron chi connectivity index (χ0n) is 8.73. The molecule has 0 saturated carbocycles. The molecule has 1 amide bonds. The lowest BCUT2D eigenvalue weighted by Gasteiger charge is -2.17. The Morgan fingerprint density at radius 2 is 1.77 bits per heavy atom. The number of hydrogen-bond acceptors (Lipinski definition) is 2. The molecule has 0 aliphatic rings. The van der Waals surface area contributed by atoms with Gasteiger partial charge in [0.25, 0.3) is 0 Å². The lowest BCUT2D eigenvalue weighted by molar-refractivity contribution is -0.129. The van der Waals surface area contributed by atoms with Crippen LogP contribution in [0.1, 0.15) is 34.1 Å². The van der Waals surface area contributed by atoms with Crippen LogP contribution < -0.4 is 5.32 Å². The van der Waals surface area contributed by atoms with E-state index in [4.69, 9.17) is 0 Å². The van der Waals surface area contributed by atoms with Gasteiger partial charge in [-0.15, -0.1) is 0 Å². The van der Waals surface area contributed by atoms with E-state index in [1.54, 1.807) is 27.7 Å². The van der Waals surface area contributed by atoms with Gasteiger partial charge in [0.1, 0.15) is 0 Å². The van der Waals surface area contributed by atoms with Crippen molar-refractivity contribution in [3.63, 3.8) is 0 Å². The second-order valence-corrected chi connectivity index (χ2v) is 3.96. The lowest BCUT2D eigenvalue weighted by atomic mass is 9.95. The van der Waals surface area contributed by atoms with Crippen LogP contribution in [0.25, 0.3) is 0 Å². The number of hydrogen-bond donors (Lipinski definition) is 1. The Hall–Kier alpha value is -1.12. The van der Waals surface area contributed by atoms with Gasteiger partial charge in [-0.3, -0.25) is 9.59 Å². The van der Waals surface area contributed by atoms with Gasteiger partial charge in [0.05, 0.1) is 5.70 Å². The predicted molar refractivity (Wildman–Crippen MR) is 52.0 cm³/mol. The smallest absolute Gasteiger partial charge is 0.229 e. The molecule has 0 fully saturated rings. The molecule has 0 atom stereocenters. The average molecular weight is 183 g/mol. The third kappa shape index (κ3) is 3.87. The first-order valence-corrected chi connectivity index (χ1v) is 4.32. The maximum absolute atomic E-state index is 11.4. The molecular formula is C10H17NO2. The van der Waals surface area contributed by atoms with E-state index < -0.39 is 5.41 Å². The van der Waals surface area contributed by atoms with E-state index in [9.17, 15) is 9.59 Å². The van der Waals surface area contributed by atoms with Gasteiger partial charge in [-0.05, 0) is 0 Å². The zero-order valence-corrected chi connectivity index (χ0v) is 8.73. The first-order chi connectivity index (χ1) is 5.79. The van der Waals surface area contributed by atoms with Gasteiger partial charge in [0, 0.05) is 11.8 Å². The van der Waals surface area contributed by atoms with Crippen LogP contribution >= 0.6 is 0 Å². The second-order valence-electron chi connectivity index (χ2n) is 3.96. The molecule has 0 spiro atoms. The summed E-state index contributed by atoms with van der Waals surface area (Å²) in [5.74, 6) is -0.308. The van der Waals surface area contributed by atoms with Crippen LogP contribution in [-0.2, 0) is 9.59 Å². The van der Waals surface area contributed by atoms with Crippen LogP contribution in [0.5, 0.6) is 0 Å². The van der Waals surface area contributed by atoms with Crippen molar-refractivity contribution in [2.45, 2.75) is 34.1 Å². The van der Waals surface area contributed by atoms with Crippen LogP contribution in [-0.4, -0.2) is 11.7 Å². The summed E-state index contributed by atoms with van der Waals surface area (Å²) < 4.78 is 0. The minimum absolute atomic E-state index is 0.127. The second kappa shape index (κ2) is 4.21. The summed E-state index contributed by atoms with van der Waals surface area (Å²) in [6, 6.07) is 0. The van der Waals surface area contributed by atoms with E-state index in [0.717, 1.165) is 0 Å². The molecule has 0 heterocycles. The SMILES string of the molecule is C=C(NC(=O)C(C)(C)C)C(=O)CC. The van der Waals surface area contributed by atoms with Crippen molar-refractivity contribution in [1.29, 1.82) is 0 Å². The number of rotatable bonds is 3. The van der Waals surface area contributed by atoms with Crippen molar-refractivity contribution in [2.24, 2.45) is 5.41 Å². The summed E-state index contributed by atoms with van der Waals surface area (Å²) >= 11 is 0. The van der Waals surface area contributed by atoms with Crippen molar-refractivity contribution in [3.05, 3.63) is 12.3 Å². The lowest BCUT2D eigenvalue weighted by Crippen LogP contribution is -2.35. The summed E-state index contributed by atoms with van der Waals surface area (Å²) in [5.41, 5.74) is -0.306. The highest BCUT2D eigenvalue weighted by molar-refractivity contribution is 5.99. The van der Waals surface area contributed by atoms with Gasteiger partial charge in [-0.25, -0.2) is 0 Å². The van der Waals surface area contributed by atoms with E-state index in [-0.39, 0.29) is 17.4 Å². The van der Waals surface area contributed by atoms with Gasteiger partial charge in [-0.1, -0.05) is 34.3 Å². The first-order valence-electron chi connectivity index (χ1n) is 4.32. The molecule has 0 aromatic rings. The molecule has 0 bridgehead atoms. The van der Waals surface area contributed by atoms with E-state index in [0.29, 0.717) is 6.42 Å². The molecule has 0 aromatic carbocycles. The van der Waals surface area contributed by atoms with Crippen LogP contribution in [0.3, 0.4) is 0 Å². The average Bonchev–Trinajstić information content (AvgIpc) is 2.01. The number of amides is 1. The highest BCUT2D eigenvalue weighted by Crippen LogP contribution is 2.13. The molecule has 0 aromatic heterocycles. The van der Waals surface area contributed by atoms with Crippen molar-refractivity contribution in [3.8, 4) is 0 Å². The fourth-order valence-corrected chi connectivity index (χ4v) is 0.608. The number of nitrogens with one attached hydrogen (secondary N) is 1. The number of carbonyl (C=O) groups excluding carboxylic acids is 2. The van der Waals surface area contributed by atoms with Crippen molar-refractivity contribution < 1.29 is 9.59 Å². The van der Waals surface area contributed by atoms with Crippen LogP contribution in [0.4, 0.5) is 0 Å². The summed E-state index contributed by atoms with van der Waals surface area (Å²) in [4.78, 5) is 22.4. The monoisotopic (exact) mass is 183 g/mol. The van der Waals surface area contributed by atoms with Crippen molar-refractivity contribution in [1.82, 2.24) is 5.32 Å². The van der Waals surface area contributed by atoms with Crippen molar-refractivity contribution in [2.75, 3.05) is 0 Å². The Labute approximate surface area is 79.2 Å². The maximum Gasteiger partial charge on any atom is 0.229 e. The quantitative estimate of drug-likeness (QED) is 0.676. The number of ketones is 1. The zero-order chi connectivity index (χ0) is 10.6. The summed E-state index contributed by atoms with van der Waals surface area (Å²) in [7, 11) is 0. The van der Waals surface area contributed by atoms with Gasteiger partial charge < -0.3 is 5.32 Å². The molecular weight excluding hydrogens is 166 g/mol. The third-order valence-corrected chi connectivity index (χ3v) is 1.60. The molecule has 1 N–H and O–H groups in total. The largest absolute Gasteiger partial charge is 0.323 e. The molecule has 0 aliphatic carbocycles. The molecule has 0 unspecified atom stereocenters. The molecule has 3 nitrogen and oxygen atoms in total. The van der Waals surface area contributed by atoms with Crippen LogP contribution in [0, 0.1) is 5.41 Å². The standard InChI is InChI=1S/C10H17NO2/c1-6-8(12)7(2)11-9(13)10(3,4)5/h2,6H2,1,3-5H3,(H,11,13). The third-order valence-electron chi connectivity index (χ3n) is 1.60. The molecule has 0 radical (unpaired) electrons. The van der Waals surface area contributed by atoms with Crippen molar-refractivity contribution >= 4 is 11.7 Å². The minimum Gasteiger partial charge on any atom is -0.323 e. The summed E-state index contributed by atoms with van der Waals surface area (Å²) in [6.07, 6.45) is 0.364. The van der Waals surface area contributed by atoms with Crippen LogP contribution in [0.15, 0.2) is 12.3 Å². The molecule has 3 heteroatoms. The fourth-order valence-electron chi connectivity index (χ4n) is 0.608. The maximum atomic E-state index is 11.4. The van der Waals surface area contributed by atoms with E-state index in [1.807, 2.05) is 0 Å². The number of Topliss-reactive ketones (excluding diaryl/α,β-unsaturated/α-hetero) is 1. The Morgan fingerprint density at radius 3 is 2.08 bits per heavy atom. The molecule has 74 valence electrons. The van der Waals surface area contributed by atoms with Gasteiger partial charge in [-0.2, -0.15) is 0 Å². The van der Waals surface area contributed by atoms with E-state index in [2.05, 4.69) is 11.9 Å². The summed E-state index contributed by atoms with van der Waals surface area (Å²) in [5, 5.41) is 2.49. The molecule has 0 rings (SSSR count). The Bertz CT molecular complexity index is 236. The minimum atomic E-state index is -0.489. The molecule has 13 heavy (non-hydrogen) atoms. The van der Waals surface area contributed by atoms with Gasteiger partial charge in [0.2, 0.25) is 5.91 Å². The van der Waals surface area contributed by atoms with E-state index in [1.165, 1.54) is 0 Å².